The number of benzene rings is 3. The first-order valence-electron chi connectivity index (χ1n) is 16.1. The monoisotopic (exact) mass is 654 g/mol. The van der Waals surface area contributed by atoms with Crippen LogP contribution in [0, 0.1) is 11.6 Å². The molecule has 7 rings (SSSR count). The molecular formula is C36H36F2N6O4. The van der Waals surface area contributed by atoms with Gasteiger partial charge in [0.2, 0.25) is 5.91 Å². The molecule has 48 heavy (non-hydrogen) atoms. The van der Waals surface area contributed by atoms with E-state index in [0.717, 1.165) is 47.0 Å². The highest BCUT2D eigenvalue weighted by molar-refractivity contribution is 5.97. The van der Waals surface area contributed by atoms with Crippen molar-refractivity contribution < 1.29 is 27.8 Å². The first kappa shape index (κ1) is 31.5. The minimum Gasteiger partial charge on any atom is -0.488 e. The molecule has 0 saturated carbocycles. The molecule has 12 heteroatoms. The van der Waals surface area contributed by atoms with Gasteiger partial charge in [-0.25, -0.2) is 13.8 Å². The van der Waals surface area contributed by atoms with E-state index in [1.807, 2.05) is 41.1 Å². The molecule has 2 amide bonds. The second-order valence-corrected chi connectivity index (χ2v) is 12.3. The van der Waals surface area contributed by atoms with Crippen LogP contribution in [0.4, 0.5) is 8.78 Å². The van der Waals surface area contributed by atoms with Gasteiger partial charge in [-0.3, -0.25) is 14.3 Å². The van der Waals surface area contributed by atoms with Crippen LogP contribution >= 0.6 is 0 Å². The van der Waals surface area contributed by atoms with Crippen LogP contribution in [0.3, 0.4) is 0 Å². The Morgan fingerprint density at radius 2 is 1.88 bits per heavy atom. The van der Waals surface area contributed by atoms with E-state index in [1.54, 1.807) is 19.1 Å². The molecule has 248 valence electrons. The Bertz CT molecular complexity index is 1990. The molecule has 4 heterocycles. The number of nitrogens with zero attached hydrogens (tertiary/aromatic N) is 6. The summed E-state index contributed by atoms with van der Waals surface area (Å²) in [5.74, 6) is -1.32. The number of amides is 2. The van der Waals surface area contributed by atoms with Crippen molar-refractivity contribution in [2.75, 3.05) is 33.4 Å². The van der Waals surface area contributed by atoms with Crippen molar-refractivity contribution in [2.45, 2.75) is 38.0 Å². The van der Waals surface area contributed by atoms with Crippen molar-refractivity contribution in [1.29, 1.82) is 0 Å². The summed E-state index contributed by atoms with van der Waals surface area (Å²) in [7, 11) is 3.19. The molecular weight excluding hydrogens is 618 g/mol. The van der Waals surface area contributed by atoms with Crippen LogP contribution in [0.1, 0.15) is 29.8 Å². The number of aromatic nitrogens is 4. The van der Waals surface area contributed by atoms with Gasteiger partial charge in [0.1, 0.15) is 41.0 Å². The summed E-state index contributed by atoms with van der Waals surface area (Å²) in [5, 5.41) is 5.84. The number of rotatable bonds is 5. The lowest BCUT2D eigenvalue weighted by Crippen LogP contribution is -2.49. The molecule has 2 aliphatic heterocycles. The standard InChI is InChI=1S/C36H36F2N6O4/c1-41-33(20-39-34(41)28-12-11-24(37)18-30(28)38)36(46)44-21-26-19-32(44)35(45)42(15-16-47-2)13-3-4-14-43-22-29-27(9-6-10-31(29)40-43)23-7-5-8-25(17-23)48-26/h5-12,17-18,20,22,26,32H,3-4,13-16,19,21H2,1-2H3/t26-,32-/m0/s1. The molecule has 6 bridgehead atoms. The first-order chi connectivity index (χ1) is 23.3. The topological polar surface area (TPSA) is 94.7 Å². The molecule has 5 aromatic rings. The van der Waals surface area contributed by atoms with Gasteiger partial charge in [0.25, 0.3) is 5.91 Å². The maximum absolute atomic E-state index is 14.7. The zero-order chi connectivity index (χ0) is 33.4. The van der Waals surface area contributed by atoms with Gasteiger partial charge >= 0.3 is 0 Å². The van der Waals surface area contributed by atoms with E-state index >= 15 is 0 Å². The molecule has 10 nitrogen and oxygen atoms in total. The predicted octanol–water partition coefficient (Wildman–Crippen LogP) is 5.31. The molecule has 0 spiro atoms. The maximum Gasteiger partial charge on any atom is 0.272 e. The van der Waals surface area contributed by atoms with E-state index in [-0.39, 0.29) is 36.0 Å². The van der Waals surface area contributed by atoms with Gasteiger partial charge in [0, 0.05) is 57.9 Å². The SMILES string of the molecule is COCCN1CCCCn2cc3c(cccc3n2)-c2cccc(c2)O[C@H]2C[C@@H](C1=O)N(C(=O)c1cnc(-c3ccc(F)cc3F)n1C)C2. The minimum absolute atomic E-state index is 0.0635. The number of carbonyl (C=O) groups is 2. The second kappa shape index (κ2) is 13.2. The molecule has 2 aromatic heterocycles. The summed E-state index contributed by atoms with van der Waals surface area (Å²) in [6.45, 7) is 2.05. The molecule has 2 aliphatic rings. The zero-order valence-corrected chi connectivity index (χ0v) is 26.8. The largest absolute Gasteiger partial charge is 0.488 e. The van der Waals surface area contributed by atoms with E-state index in [4.69, 9.17) is 14.6 Å². The molecule has 2 atom stereocenters. The molecule has 0 unspecified atom stereocenters. The number of carbonyl (C=O) groups excluding carboxylic acids is 2. The summed E-state index contributed by atoms with van der Waals surface area (Å²) in [5.41, 5.74) is 3.16. The smallest absolute Gasteiger partial charge is 0.272 e. The Morgan fingerprint density at radius 3 is 2.71 bits per heavy atom. The second-order valence-electron chi connectivity index (χ2n) is 12.3. The number of hydrogen-bond donors (Lipinski definition) is 0. The van der Waals surface area contributed by atoms with Crippen LogP contribution in [-0.4, -0.2) is 86.4 Å². The maximum atomic E-state index is 14.7. The summed E-state index contributed by atoms with van der Waals surface area (Å²) in [6, 6.07) is 16.3. The van der Waals surface area contributed by atoms with Crippen molar-refractivity contribution in [1.82, 2.24) is 29.1 Å². The van der Waals surface area contributed by atoms with Gasteiger partial charge < -0.3 is 23.8 Å². The highest BCUT2D eigenvalue weighted by Crippen LogP contribution is 2.33. The number of likely N-dealkylation sites (tertiary alicyclic amines) is 1. The van der Waals surface area contributed by atoms with Crippen LogP contribution in [0.25, 0.3) is 33.4 Å². The van der Waals surface area contributed by atoms with Crippen molar-refractivity contribution >= 4 is 22.7 Å². The van der Waals surface area contributed by atoms with E-state index in [1.165, 1.54) is 21.7 Å². The number of aryl methyl sites for hydroxylation is 1. The van der Waals surface area contributed by atoms with Crippen molar-refractivity contribution in [3.63, 3.8) is 0 Å². The van der Waals surface area contributed by atoms with E-state index in [2.05, 4.69) is 17.2 Å². The third-order valence-electron chi connectivity index (χ3n) is 9.18. The Hall–Kier alpha value is -5.10. The Labute approximate surface area is 276 Å². The molecule has 0 aliphatic carbocycles. The molecule has 1 saturated heterocycles. The Balaban J connectivity index is 1.24. The van der Waals surface area contributed by atoms with E-state index < -0.39 is 29.7 Å². The Morgan fingerprint density at radius 1 is 1.04 bits per heavy atom. The van der Waals surface area contributed by atoms with Gasteiger partial charge in [-0.1, -0.05) is 24.3 Å². The fraction of sp³-hybridized carbons (Fsp3) is 0.333. The van der Waals surface area contributed by atoms with Crippen LogP contribution in [-0.2, 0) is 23.1 Å². The fourth-order valence-corrected chi connectivity index (χ4v) is 6.73. The molecule has 0 N–H and O–H groups in total. The molecule has 1 fully saturated rings. The van der Waals surface area contributed by atoms with Gasteiger partial charge in [0.15, 0.2) is 0 Å². The van der Waals surface area contributed by atoms with Gasteiger partial charge in [-0.15, -0.1) is 0 Å². The van der Waals surface area contributed by atoms with Crippen LogP contribution in [0.5, 0.6) is 5.75 Å². The number of imidazole rings is 1. The van der Waals surface area contributed by atoms with Crippen molar-refractivity contribution in [3.05, 3.63) is 90.4 Å². The number of methoxy groups -OCH3 is 1. The number of hydrogen-bond acceptors (Lipinski definition) is 6. The highest BCUT2D eigenvalue weighted by atomic mass is 19.1. The number of ether oxygens (including phenoxy) is 2. The lowest BCUT2D eigenvalue weighted by Gasteiger charge is -2.30. The lowest BCUT2D eigenvalue weighted by atomic mass is 10.0. The predicted molar refractivity (Wildman–Crippen MR) is 175 cm³/mol. The lowest BCUT2D eigenvalue weighted by molar-refractivity contribution is -0.136. The van der Waals surface area contributed by atoms with Crippen molar-refractivity contribution in [2.24, 2.45) is 7.05 Å². The summed E-state index contributed by atoms with van der Waals surface area (Å²) in [4.78, 5) is 36.1. The fourth-order valence-electron chi connectivity index (χ4n) is 6.73. The van der Waals surface area contributed by atoms with Crippen LogP contribution < -0.4 is 4.74 Å². The van der Waals surface area contributed by atoms with Gasteiger partial charge in [0.05, 0.1) is 30.4 Å². The summed E-state index contributed by atoms with van der Waals surface area (Å²) in [6.07, 6.45) is 4.78. The molecule has 3 aromatic carbocycles. The van der Waals surface area contributed by atoms with E-state index in [9.17, 15) is 18.4 Å². The number of fused-ring (bicyclic) bond motifs is 6. The van der Waals surface area contributed by atoms with Crippen molar-refractivity contribution in [3.8, 4) is 28.3 Å². The number of halogens is 2. The highest BCUT2D eigenvalue weighted by Gasteiger charge is 2.43. The van der Waals surface area contributed by atoms with E-state index in [0.29, 0.717) is 32.0 Å². The van der Waals surface area contributed by atoms with Crippen LogP contribution in [0.2, 0.25) is 0 Å². The summed E-state index contributed by atoms with van der Waals surface area (Å²) >= 11 is 0. The zero-order valence-electron chi connectivity index (χ0n) is 26.8. The van der Waals surface area contributed by atoms with Crippen LogP contribution in [0.15, 0.2) is 73.1 Å². The average Bonchev–Trinajstić information content (AvgIpc) is 3.80. The Kier molecular flexibility index (Phi) is 8.65. The third kappa shape index (κ3) is 6.03. The van der Waals surface area contributed by atoms with Gasteiger partial charge in [-0.05, 0) is 54.3 Å². The molecule has 0 radical (unpaired) electrons. The normalized spacial score (nSPS) is 18.4. The summed E-state index contributed by atoms with van der Waals surface area (Å²) < 4.78 is 43.6. The first-order valence-corrected chi connectivity index (χ1v) is 16.1. The average molecular weight is 655 g/mol. The quantitative estimate of drug-likeness (QED) is 0.255. The minimum atomic E-state index is -0.805. The van der Waals surface area contributed by atoms with Gasteiger partial charge in [-0.2, -0.15) is 5.10 Å². The third-order valence-corrected chi connectivity index (χ3v) is 9.18.